The van der Waals surface area contributed by atoms with Gasteiger partial charge in [0, 0.05) is 30.8 Å². The zero-order chi connectivity index (χ0) is 18.2. The zero-order valence-electron chi connectivity index (χ0n) is 14.3. The number of ether oxygens (including phenoxy) is 1. The maximum Gasteiger partial charge on any atom is 0.255 e. The molecular weight excluding hydrogens is 340 g/mol. The molecule has 0 spiro atoms. The van der Waals surface area contributed by atoms with Crippen LogP contribution in [0.2, 0.25) is 5.02 Å². The third-order valence-corrected chi connectivity index (χ3v) is 3.91. The van der Waals surface area contributed by atoms with E-state index >= 15 is 0 Å². The highest BCUT2D eigenvalue weighted by Crippen LogP contribution is 2.22. The molecule has 132 valence electrons. The molecule has 0 unspecified atom stereocenters. The lowest BCUT2D eigenvalue weighted by Gasteiger charge is -2.13. The summed E-state index contributed by atoms with van der Waals surface area (Å²) in [5.41, 5.74) is 2.15. The highest BCUT2D eigenvalue weighted by Gasteiger charge is 2.15. The van der Waals surface area contributed by atoms with Gasteiger partial charge in [-0.3, -0.25) is 9.59 Å². The summed E-state index contributed by atoms with van der Waals surface area (Å²) in [5.74, 6) is -0.554. The Labute approximate surface area is 152 Å². The summed E-state index contributed by atoms with van der Waals surface area (Å²) in [4.78, 5) is 24.9. The predicted octanol–water partition coefficient (Wildman–Crippen LogP) is 3.67. The van der Waals surface area contributed by atoms with Crippen LogP contribution >= 0.6 is 11.6 Å². The van der Waals surface area contributed by atoms with Crippen LogP contribution < -0.4 is 10.6 Å². The Morgan fingerprint density at radius 3 is 2.56 bits per heavy atom. The third kappa shape index (κ3) is 5.31. The molecule has 0 aliphatic carbocycles. The third-order valence-electron chi connectivity index (χ3n) is 3.67. The molecule has 0 heterocycles. The molecule has 0 aliphatic rings. The fourth-order valence-corrected chi connectivity index (χ4v) is 2.52. The average molecular weight is 361 g/mol. The molecule has 2 amide bonds. The van der Waals surface area contributed by atoms with Crippen molar-refractivity contribution in [3.63, 3.8) is 0 Å². The second-order valence-electron chi connectivity index (χ2n) is 5.56. The van der Waals surface area contributed by atoms with Gasteiger partial charge in [0.05, 0.1) is 11.3 Å². The quantitative estimate of drug-likeness (QED) is 0.740. The summed E-state index contributed by atoms with van der Waals surface area (Å²) in [6.07, 6.45) is 0.709. The molecule has 0 aliphatic heterocycles. The molecule has 2 rings (SSSR count). The van der Waals surface area contributed by atoms with E-state index in [1.165, 1.54) is 0 Å². The van der Waals surface area contributed by atoms with Gasteiger partial charge >= 0.3 is 0 Å². The smallest absolute Gasteiger partial charge is 0.255 e. The Balaban J connectivity index is 2.17. The number of hydrogen-bond acceptors (Lipinski definition) is 3. The molecule has 0 radical (unpaired) electrons. The van der Waals surface area contributed by atoms with E-state index in [1.807, 2.05) is 19.1 Å². The Bertz CT molecular complexity index is 762. The van der Waals surface area contributed by atoms with Crippen molar-refractivity contribution in [2.24, 2.45) is 0 Å². The largest absolute Gasteiger partial charge is 0.385 e. The van der Waals surface area contributed by atoms with Crippen molar-refractivity contribution < 1.29 is 14.3 Å². The molecule has 0 bridgehead atoms. The maximum atomic E-state index is 12.5. The van der Waals surface area contributed by atoms with Crippen LogP contribution in [0.4, 0.5) is 5.69 Å². The molecule has 25 heavy (non-hydrogen) atoms. The van der Waals surface area contributed by atoms with Crippen LogP contribution in [0.15, 0.2) is 42.5 Å². The van der Waals surface area contributed by atoms with Crippen LogP contribution in [0.5, 0.6) is 0 Å². The van der Waals surface area contributed by atoms with Crippen molar-refractivity contribution in [2.45, 2.75) is 13.3 Å². The number of nitrogens with one attached hydrogen (secondary N) is 2. The van der Waals surface area contributed by atoms with E-state index in [0.717, 1.165) is 5.56 Å². The highest BCUT2D eigenvalue weighted by atomic mass is 35.5. The molecule has 5 nitrogen and oxygen atoms in total. The topological polar surface area (TPSA) is 67.4 Å². The SMILES string of the molecule is COCCCNC(=O)c1ccc(Cl)cc1NC(=O)c1ccccc1C. The van der Waals surface area contributed by atoms with Crippen molar-refractivity contribution in [3.05, 3.63) is 64.2 Å². The number of halogens is 1. The van der Waals surface area contributed by atoms with Crippen LogP contribution in [0.1, 0.15) is 32.7 Å². The second kappa shape index (κ2) is 9.20. The molecule has 0 atom stereocenters. The van der Waals surface area contributed by atoms with Gasteiger partial charge in [0.1, 0.15) is 0 Å². The monoisotopic (exact) mass is 360 g/mol. The summed E-state index contributed by atoms with van der Waals surface area (Å²) in [6.45, 7) is 2.91. The molecule has 2 aromatic rings. The number of rotatable bonds is 7. The van der Waals surface area contributed by atoms with E-state index in [9.17, 15) is 9.59 Å². The predicted molar refractivity (Wildman–Crippen MR) is 99.4 cm³/mol. The standard InChI is InChI=1S/C19H21ClN2O3/c1-13-6-3-4-7-15(13)19(24)22-17-12-14(20)8-9-16(17)18(23)21-10-5-11-25-2/h3-4,6-9,12H,5,10-11H2,1-2H3,(H,21,23)(H,22,24). The normalized spacial score (nSPS) is 10.4. The first-order valence-corrected chi connectivity index (χ1v) is 8.34. The Morgan fingerprint density at radius 2 is 1.84 bits per heavy atom. The van der Waals surface area contributed by atoms with Crippen molar-refractivity contribution in [3.8, 4) is 0 Å². The number of carbonyl (C=O) groups is 2. The summed E-state index contributed by atoms with van der Waals surface area (Å²) in [7, 11) is 1.61. The molecule has 0 saturated carbocycles. The Kier molecular flexibility index (Phi) is 6.98. The van der Waals surface area contributed by atoms with E-state index < -0.39 is 0 Å². The zero-order valence-corrected chi connectivity index (χ0v) is 15.0. The van der Waals surface area contributed by atoms with Gasteiger partial charge < -0.3 is 15.4 Å². The van der Waals surface area contributed by atoms with E-state index in [-0.39, 0.29) is 11.8 Å². The second-order valence-corrected chi connectivity index (χ2v) is 6.00. The van der Waals surface area contributed by atoms with E-state index in [1.54, 1.807) is 37.4 Å². The number of aryl methyl sites for hydroxylation is 1. The molecule has 0 fully saturated rings. The first-order valence-electron chi connectivity index (χ1n) is 7.96. The number of methoxy groups -OCH3 is 1. The lowest BCUT2D eigenvalue weighted by atomic mass is 10.1. The van der Waals surface area contributed by atoms with Gasteiger partial charge in [0.15, 0.2) is 0 Å². The Morgan fingerprint density at radius 1 is 1.08 bits per heavy atom. The average Bonchev–Trinajstić information content (AvgIpc) is 2.59. The van der Waals surface area contributed by atoms with Gasteiger partial charge in [-0.05, 0) is 43.2 Å². The van der Waals surface area contributed by atoms with Gasteiger partial charge in [-0.2, -0.15) is 0 Å². The van der Waals surface area contributed by atoms with Crippen molar-refractivity contribution >= 4 is 29.1 Å². The van der Waals surface area contributed by atoms with Crippen molar-refractivity contribution in [2.75, 3.05) is 25.6 Å². The van der Waals surface area contributed by atoms with E-state index in [4.69, 9.17) is 16.3 Å². The minimum atomic E-state index is -0.284. The van der Waals surface area contributed by atoms with Gasteiger partial charge in [-0.1, -0.05) is 29.8 Å². The summed E-state index contributed by atoms with van der Waals surface area (Å²) >= 11 is 6.03. The van der Waals surface area contributed by atoms with Crippen LogP contribution in [-0.2, 0) is 4.74 Å². The molecule has 0 saturated heterocycles. The summed E-state index contributed by atoms with van der Waals surface area (Å²) in [5, 5.41) is 6.03. The van der Waals surface area contributed by atoms with E-state index in [0.29, 0.717) is 41.4 Å². The first kappa shape index (κ1) is 19.0. The molecule has 2 aromatic carbocycles. The molecule has 6 heteroatoms. The summed E-state index contributed by atoms with van der Waals surface area (Å²) < 4.78 is 4.96. The fourth-order valence-electron chi connectivity index (χ4n) is 2.35. The summed E-state index contributed by atoms with van der Waals surface area (Å²) in [6, 6.07) is 12.0. The van der Waals surface area contributed by atoms with Crippen LogP contribution in [0, 0.1) is 6.92 Å². The Hall–Kier alpha value is -2.37. The highest BCUT2D eigenvalue weighted by molar-refractivity contribution is 6.31. The fraction of sp³-hybridized carbons (Fsp3) is 0.263. The van der Waals surface area contributed by atoms with Crippen molar-refractivity contribution in [1.82, 2.24) is 5.32 Å². The lowest BCUT2D eigenvalue weighted by Crippen LogP contribution is -2.27. The van der Waals surface area contributed by atoms with Gasteiger partial charge in [0.25, 0.3) is 11.8 Å². The number of anilines is 1. The number of benzene rings is 2. The lowest BCUT2D eigenvalue weighted by molar-refractivity contribution is 0.0949. The molecular formula is C19H21ClN2O3. The minimum Gasteiger partial charge on any atom is -0.385 e. The molecule has 0 aromatic heterocycles. The van der Waals surface area contributed by atoms with Gasteiger partial charge in [0.2, 0.25) is 0 Å². The van der Waals surface area contributed by atoms with Gasteiger partial charge in [-0.25, -0.2) is 0 Å². The van der Waals surface area contributed by atoms with Gasteiger partial charge in [-0.15, -0.1) is 0 Å². The molecule has 2 N–H and O–H groups in total. The number of hydrogen-bond donors (Lipinski definition) is 2. The van der Waals surface area contributed by atoms with Crippen molar-refractivity contribution in [1.29, 1.82) is 0 Å². The minimum absolute atomic E-state index is 0.271. The number of amides is 2. The number of carbonyl (C=O) groups excluding carboxylic acids is 2. The van der Waals surface area contributed by atoms with Crippen LogP contribution in [-0.4, -0.2) is 32.1 Å². The van der Waals surface area contributed by atoms with E-state index in [2.05, 4.69) is 10.6 Å². The van der Waals surface area contributed by atoms with Crippen LogP contribution in [0.3, 0.4) is 0 Å². The maximum absolute atomic E-state index is 12.5. The first-order chi connectivity index (χ1) is 12.0. The van der Waals surface area contributed by atoms with Crippen LogP contribution in [0.25, 0.3) is 0 Å².